The van der Waals surface area contributed by atoms with Crippen LogP contribution >= 0.6 is 11.3 Å². The second kappa shape index (κ2) is 6.57. The number of nitrogens with zero attached hydrogens (tertiary/aromatic N) is 3. The Morgan fingerprint density at radius 2 is 2.09 bits per heavy atom. The van der Waals surface area contributed by atoms with Gasteiger partial charge in [-0.05, 0) is 30.7 Å². The normalized spacial score (nSPS) is 11.7. The molecular weight excluding hydrogens is 336 g/mol. The monoisotopic (exact) mass is 350 g/mol. The van der Waals surface area contributed by atoms with E-state index in [1.165, 1.54) is 11.3 Å². The maximum atomic E-state index is 12.2. The quantitative estimate of drug-likeness (QED) is 0.732. The fourth-order valence-corrected chi connectivity index (χ4v) is 4.15. The van der Waals surface area contributed by atoms with Gasteiger partial charge in [0.25, 0.3) is 15.9 Å². The fourth-order valence-electron chi connectivity index (χ4n) is 1.84. The molecule has 0 fully saturated rings. The van der Waals surface area contributed by atoms with Crippen molar-refractivity contribution in [3.63, 3.8) is 0 Å². The first kappa shape index (κ1) is 15.8. The molecule has 1 N–H and O–H groups in total. The van der Waals surface area contributed by atoms with Gasteiger partial charge in [0.1, 0.15) is 9.90 Å². The first-order valence-corrected chi connectivity index (χ1v) is 9.20. The Labute approximate surface area is 137 Å². The van der Waals surface area contributed by atoms with Crippen LogP contribution in [0.15, 0.2) is 45.2 Å². The molecule has 3 heterocycles. The lowest BCUT2D eigenvalue weighted by Crippen LogP contribution is -2.22. The molecule has 0 atom stereocenters. The first-order chi connectivity index (χ1) is 11.1. The number of nitrogens with one attached hydrogen (secondary N) is 1. The second-order valence-electron chi connectivity index (χ2n) is 4.61. The average molecular weight is 350 g/mol. The van der Waals surface area contributed by atoms with Gasteiger partial charge in [-0.2, -0.15) is 0 Å². The maximum Gasteiger partial charge on any atom is 0.266 e. The lowest BCUT2D eigenvalue weighted by Gasteiger charge is -2.01. The highest BCUT2D eigenvalue weighted by Gasteiger charge is 2.18. The summed E-state index contributed by atoms with van der Waals surface area (Å²) in [5.41, 5.74) is 0.542. The van der Waals surface area contributed by atoms with Crippen LogP contribution in [0.5, 0.6) is 0 Å². The summed E-state index contributed by atoms with van der Waals surface area (Å²) in [5, 5.41) is 7.70. The number of sulfonamides is 1. The molecule has 0 bridgehead atoms. The van der Waals surface area contributed by atoms with Gasteiger partial charge < -0.3 is 4.42 Å². The SMILES string of the molecule is CCc1ccc(S(=O)(=O)NCc2nnc(-c3ccccn3)o2)s1. The highest BCUT2D eigenvalue weighted by molar-refractivity contribution is 7.91. The van der Waals surface area contributed by atoms with Crippen molar-refractivity contribution in [3.8, 4) is 11.6 Å². The molecule has 0 aliphatic heterocycles. The molecule has 9 heteroatoms. The Morgan fingerprint density at radius 1 is 1.22 bits per heavy atom. The van der Waals surface area contributed by atoms with Crippen LogP contribution in [0.2, 0.25) is 0 Å². The van der Waals surface area contributed by atoms with Gasteiger partial charge in [0.05, 0.1) is 6.54 Å². The molecule has 3 aromatic heterocycles. The summed E-state index contributed by atoms with van der Waals surface area (Å²) in [7, 11) is -3.58. The van der Waals surface area contributed by atoms with Gasteiger partial charge >= 0.3 is 0 Å². The molecule has 0 aliphatic rings. The van der Waals surface area contributed by atoms with Crippen molar-refractivity contribution in [2.45, 2.75) is 24.1 Å². The zero-order valence-corrected chi connectivity index (χ0v) is 13.9. The Hall–Kier alpha value is -2.10. The summed E-state index contributed by atoms with van der Waals surface area (Å²) in [6, 6.07) is 8.72. The van der Waals surface area contributed by atoms with Crippen molar-refractivity contribution >= 4 is 21.4 Å². The van der Waals surface area contributed by atoms with Gasteiger partial charge in [-0.1, -0.05) is 13.0 Å². The van der Waals surface area contributed by atoms with E-state index in [1.54, 1.807) is 30.5 Å². The molecule has 0 amide bonds. The molecule has 0 saturated heterocycles. The predicted molar refractivity (Wildman–Crippen MR) is 85.3 cm³/mol. The van der Waals surface area contributed by atoms with Crippen LogP contribution in [0.25, 0.3) is 11.6 Å². The molecule has 0 aliphatic carbocycles. The Balaban J connectivity index is 1.70. The first-order valence-electron chi connectivity index (χ1n) is 6.90. The summed E-state index contributed by atoms with van der Waals surface area (Å²) >= 11 is 1.25. The Morgan fingerprint density at radius 3 is 2.78 bits per heavy atom. The van der Waals surface area contributed by atoms with Crippen LogP contribution in [0.3, 0.4) is 0 Å². The van der Waals surface area contributed by atoms with E-state index in [2.05, 4.69) is 19.9 Å². The maximum absolute atomic E-state index is 12.2. The summed E-state index contributed by atoms with van der Waals surface area (Å²) in [4.78, 5) is 5.11. The minimum atomic E-state index is -3.58. The highest BCUT2D eigenvalue weighted by atomic mass is 32.2. The van der Waals surface area contributed by atoms with E-state index in [4.69, 9.17) is 4.42 Å². The van der Waals surface area contributed by atoms with Gasteiger partial charge in [-0.3, -0.25) is 4.98 Å². The molecule has 0 radical (unpaired) electrons. The zero-order chi connectivity index (χ0) is 16.3. The number of pyridine rings is 1. The molecule has 0 spiro atoms. The standard InChI is InChI=1S/C14H14N4O3S2/c1-2-10-6-7-13(22-10)23(19,20)16-9-12-17-18-14(21-12)11-5-3-4-8-15-11/h3-8,16H,2,9H2,1H3. The predicted octanol–water partition coefficient (Wildman–Crippen LogP) is 2.23. The third-order valence-electron chi connectivity index (χ3n) is 3.01. The molecule has 120 valence electrons. The zero-order valence-electron chi connectivity index (χ0n) is 12.3. The van der Waals surface area contributed by atoms with E-state index >= 15 is 0 Å². The van der Waals surface area contributed by atoms with Crippen LogP contribution in [-0.2, 0) is 23.0 Å². The van der Waals surface area contributed by atoms with Gasteiger partial charge in [0, 0.05) is 11.1 Å². The molecule has 0 saturated carbocycles. The molecule has 0 unspecified atom stereocenters. The molecule has 3 aromatic rings. The molecule has 0 aromatic carbocycles. The second-order valence-corrected chi connectivity index (χ2v) is 7.78. The minimum Gasteiger partial charge on any atom is -0.418 e. The van der Waals surface area contributed by atoms with Crippen LogP contribution in [0.1, 0.15) is 17.7 Å². The summed E-state index contributed by atoms with van der Waals surface area (Å²) in [5.74, 6) is 0.436. The van der Waals surface area contributed by atoms with E-state index in [-0.39, 0.29) is 22.5 Å². The van der Waals surface area contributed by atoms with Gasteiger partial charge in [-0.15, -0.1) is 21.5 Å². The number of hydrogen-bond donors (Lipinski definition) is 1. The molecule has 23 heavy (non-hydrogen) atoms. The van der Waals surface area contributed by atoms with Crippen LogP contribution in [-0.4, -0.2) is 23.6 Å². The summed E-state index contributed by atoms with van der Waals surface area (Å²) < 4.78 is 32.6. The van der Waals surface area contributed by atoms with Crippen molar-refractivity contribution in [1.82, 2.24) is 19.9 Å². The van der Waals surface area contributed by atoms with Crippen molar-refractivity contribution in [2.75, 3.05) is 0 Å². The van der Waals surface area contributed by atoms with Crippen molar-refractivity contribution < 1.29 is 12.8 Å². The third-order valence-corrected chi connectivity index (χ3v) is 6.14. The lowest BCUT2D eigenvalue weighted by molar-refractivity contribution is 0.493. The van der Waals surface area contributed by atoms with Gasteiger partial charge in [-0.25, -0.2) is 13.1 Å². The largest absolute Gasteiger partial charge is 0.418 e. The van der Waals surface area contributed by atoms with Crippen LogP contribution in [0.4, 0.5) is 0 Å². The lowest BCUT2D eigenvalue weighted by atomic mass is 10.3. The highest BCUT2D eigenvalue weighted by Crippen LogP contribution is 2.22. The third kappa shape index (κ3) is 3.63. The van der Waals surface area contributed by atoms with E-state index in [0.29, 0.717) is 5.69 Å². The minimum absolute atomic E-state index is 0.0679. The average Bonchev–Trinajstić information content (AvgIpc) is 3.23. The molecule has 7 nitrogen and oxygen atoms in total. The smallest absolute Gasteiger partial charge is 0.266 e. The van der Waals surface area contributed by atoms with E-state index in [0.717, 1.165) is 11.3 Å². The molecular formula is C14H14N4O3S2. The van der Waals surface area contributed by atoms with Crippen molar-refractivity contribution in [2.24, 2.45) is 0 Å². The number of aryl methyl sites for hydroxylation is 1. The number of aromatic nitrogens is 3. The number of hydrogen-bond acceptors (Lipinski definition) is 7. The number of rotatable bonds is 6. The van der Waals surface area contributed by atoms with Crippen molar-refractivity contribution in [3.05, 3.63) is 47.3 Å². The van der Waals surface area contributed by atoms with Gasteiger partial charge in [0.15, 0.2) is 0 Å². The fraction of sp³-hybridized carbons (Fsp3) is 0.214. The van der Waals surface area contributed by atoms with Gasteiger partial charge in [0.2, 0.25) is 5.89 Å². The van der Waals surface area contributed by atoms with Crippen LogP contribution in [0, 0.1) is 0 Å². The van der Waals surface area contributed by atoms with E-state index in [9.17, 15) is 8.42 Å². The Kier molecular flexibility index (Phi) is 4.51. The summed E-state index contributed by atoms with van der Waals surface area (Å²) in [6.07, 6.45) is 2.42. The topological polar surface area (TPSA) is 98.0 Å². The van der Waals surface area contributed by atoms with E-state index in [1.807, 2.05) is 13.0 Å². The summed E-state index contributed by atoms with van der Waals surface area (Å²) in [6.45, 7) is 1.91. The Bertz CT molecular complexity index is 888. The van der Waals surface area contributed by atoms with E-state index < -0.39 is 10.0 Å². The van der Waals surface area contributed by atoms with Crippen molar-refractivity contribution in [1.29, 1.82) is 0 Å². The molecule has 3 rings (SSSR count). The van der Waals surface area contributed by atoms with Crippen LogP contribution < -0.4 is 4.72 Å². The number of thiophene rings is 1.